The fourth-order valence-corrected chi connectivity index (χ4v) is 3.35. The third-order valence-electron chi connectivity index (χ3n) is 4.34. The molecular weight excluding hydrogens is 422 g/mol. The van der Waals surface area contributed by atoms with Crippen molar-refractivity contribution in [2.75, 3.05) is 5.32 Å². The number of fused-ring (bicyclic) bond motifs is 1. The van der Waals surface area contributed by atoms with E-state index in [-0.39, 0.29) is 17.9 Å². The molecule has 140 valence electrons. The van der Waals surface area contributed by atoms with Gasteiger partial charge in [0.2, 0.25) is 5.91 Å². The van der Waals surface area contributed by atoms with Gasteiger partial charge in [-0.3, -0.25) is 9.59 Å². The fraction of sp³-hybridized carbons (Fsp3) is 0.100. The molecule has 1 amide bonds. The number of hydrogen-bond donors (Lipinski definition) is 1. The summed E-state index contributed by atoms with van der Waals surface area (Å²) in [5.41, 5.74) is 1.75. The maximum absolute atomic E-state index is 12.7. The monoisotopic (exact) mass is 437 g/mol. The number of hydrogen-bond acceptors (Lipinski definition) is 4. The number of carbonyl (C=O) groups excluding carboxylic acids is 1. The number of rotatable bonds is 4. The Morgan fingerprint density at radius 3 is 2.57 bits per heavy atom. The minimum absolute atomic E-state index is 0.0474. The van der Waals surface area contributed by atoms with Gasteiger partial charge in [-0.15, -0.1) is 0 Å². The van der Waals surface area contributed by atoms with Crippen LogP contribution in [0.4, 0.5) is 5.69 Å². The first-order chi connectivity index (χ1) is 13.5. The van der Waals surface area contributed by atoms with E-state index in [9.17, 15) is 9.59 Å². The van der Waals surface area contributed by atoms with Gasteiger partial charge in [-0.1, -0.05) is 30.3 Å². The van der Waals surface area contributed by atoms with Gasteiger partial charge in [-0.25, -0.2) is 9.36 Å². The van der Waals surface area contributed by atoms with Crippen molar-refractivity contribution in [3.63, 3.8) is 0 Å². The third kappa shape index (κ3) is 3.46. The molecule has 8 heteroatoms. The highest BCUT2D eigenvalue weighted by atomic mass is 79.9. The normalized spacial score (nSPS) is 10.9. The van der Waals surface area contributed by atoms with Gasteiger partial charge >= 0.3 is 0 Å². The molecule has 0 bridgehead atoms. The van der Waals surface area contributed by atoms with Crippen molar-refractivity contribution >= 4 is 38.3 Å². The number of aryl methyl sites for hydroxylation is 1. The van der Waals surface area contributed by atoms with Crippen LogP contribution in [0.15, 0.2) is 70.2 Å². The van der Waals surface area contributed by atoms with Crippen molar-refractivity contribution in [3.05, 3.63) is 81.4 Å². The third-order valence-corrected chi connectivity index (χ3v) is 4.75. The van der Waals surface area contributed by atoms with Crippen LogP contribution in [0.3, 0.4) is 0 Å². The van der Waals surface area contributed by atoms with Gasteiger partial charge in [0.1, 0.15) is 0 Å². The number of halogens is 1. The van der Waals surface area contributed by atoms with Crippen molar-refractivity contribution in [1.29, 1.82) is 0 Å². The van der Waals surface area contributed by atoms with Crippen molar-refractivity contribution in [1.82, 2.24) is 19.6 Å². The second kappa shape index (κ2) is 7.40. The molecule has 0 aliphatic rings. The van der Waals surface area contributed by atoms with Crippen molar-refractivity contribution < 1.29 is 4.79 Å². The Kier molecular flexibility index (Phi) is 4.79. The van der Waals surface area contributed by atoms with Gasteiger partial charge in [0.05, 0.1) is 39.5 Å². The van der Waals surface area contributed by atoms with Crippen LogP contribution in [0.25, 0.3) is 16.5 Å². The average Bonchev–Trinajstić information content (AvgIpc) is 3.12. The minimum atomic E-state index is -0.227. The first-order valence-corrected chi connectivity index (χ1v) is 9.36. The molecule has 0 fully saturated rings. The highest BCUT2D eigenvalue weighted by Crippen LogP contribution is 2.22. The Morgan fingerprint density at radius 2 is 1.82 bits per heavy atom. The second-order valence-corrected chi connectivity index (χ2v) is 7.18. The van der Waals surface area contributed by atoms with E-state index < -0.39 is 0 Å². The van der Waals surface area contributed by atoms with E-state index in [1.807, 2.05) is 42.6 Å². The number of aromatic nitrogens is 4. The zero-order valence-corrected chi connectivity index (χ0v) is 16.5. The summed E-state index contributed by atoms with van der Waals surface area (Å²) in [6.07, 6.45) is 3.54. The largest absolute Gasteiger partial charge is 0.324 e. The van der Waals surface area contributed by atoms with Crippen LogP contribution in [0.5, 0.6) is 0 Å². The van der Waals surface area contributed by atoms with Gasteiger partial charge in [-0.05, 0) is 34.1 Å². The Hall–Kier alpha value is -3.26. The van der Waals surface area contributed by atoms with Crippen LogP contribution < -0.4 is 10.9 Å². The van der Waals surface area contributed by atoms with Crippen LogP contribution in [-0.2, 0) is 18.3 Å². The average molecular weight is 438 g/mol. The predicted octanol–water partition coefficient (Wildman–Crippen LogP) is 3.06. The maximum atomic E-state index is 12.7. The Balaban J connectivity index is 1.64. The summed E-state index contributed by atoms with van der Waals surface area (Å²) in [4.78, 5) is 25.0. The fourth-order valence-electron chi connectivity index (χ4n) is 3.06. The van der Waals surface area contributed by atoms with E-state index in [1.54, 1.807) is 30.1 Å². The second-order valence-electron chi connectivity index (χ2n) is 6.27. The molecule has 4 rings (SSSR count). The van der Waals surface area contributed by atoms with E-state index in [0.29, 0.717) is 22.2 Å². The maximum Gasteiger partial charge on any atom is 0.274 e. The van der Waals surface area contributed by atoms with E-state index in [4.69, 9.17) is 0 Å². The van der Waals surface area contributed by atoms with Gasteiger partial charge in [0, 0.05) is 18.6 Å². The summed E-state index contributed by atoms with van der Waals surface area (Å²) >= 11 is 3.38. The van der Waals surface area contributed by atoms with Gasteiger partial charge in [0.25, 0.3) is 5.56 Å². The lowest BCUT2D eigenvalue weighted by Gasteiger charge is -2.12. The molecule has 0 radical (unpaired) electrons. The molecule has 0 unspecified atom stereocenters. The van der Waals surface area contributed by atoms with Crippen LogP contribution in [0.2, 0.25) is 0 Å². The molecule has 7 nitrogen and oxygen atoms in total. The number of carbonyl (C=O) groups is 1. The molecule has 2 aromatic heterocycles. The summed E-state index contributed by atoms with van der Waals surface area (Å²) in [5, 5.41) is 12.7. The molecule has 0 atom stereocenters. The minimum Gasteiger partial charge on any atom is -0.324 e. The predicted molar refractivity (Wildman–Crippen MR) is 111 cm³/mol. The lowest BCUT2D eigenvalue weighted by Crippen LogP contribution is -2.24. The van der Waals surface area contributed by atoms with Crippen LogP contribution >= 0.6 is 15.9 Å². The highest BCUT2D eigenvalue weighted by molar-refractivity contribution is 9.10. The molecule has 1 N–H and O–H groups in total. The van der Waals surface area contributed by atoms with Crippen molar-refractivity contribution in [2.24, 2.45) is 7.05 Å². The first-order valence-electron chi connectivity index (χ1n) is 8.57. The topological polar surface area (TPSA) is 81.8 Å². The van der Waals surface area contributed by atoms with Gasteiger partial charge < -0.3 is 5.32 Å². The number of benzene rings is 2. The number of nitrogens with zero attached hydrogens (tertiary/aromatic N) is 4. The number of anilines is 1. The molecule has 28 heavy (non-hydrogen) atoms. The molecule has 0 aliphatic carbocycles. The smallest absolute Gasteiger partial charge is 0.274 e. The lowest BCUT2D eigenvalue weighted by atomic mass is 10.1. The molecule has 2 heterocycles. The first kappa shape index (κ1) is 18.1. The molecule has 2 aromatic carbocycles. The Morgan fingerprint density at radius 1 is 1.11 bits per heavy atom. The van der Waals surface area contributed by atoms with E-state index in [0.717, 1.165) is 10.2 Å². The van der Waals surface area contributed by atoms with E-state index in [2.05, 4.69) is 31.4 Å². The standard InChI is InChI=1S/C20H16BrN5O2/c1-25-20(28)15-7-3-2-6-14(15)17(24-25)10-19(27)23-16-8-4-5-9-18(16)26-12-13(21)11-22-26/h2-9,11-12H,10H2,1H3,(H,23,27). The SMILES string of the molecule is Cn1nc(CC(=O)Nc2ccccc2-n2cc(Br)cn2)c2ccccc2c1=O. The highest BCUT2D eigenvalue weighted by Gasteiger charge is 2.14. The molecular formula is C20H16BrN5O2. The number of nitrogens with one attached hydrogen (secondary N) is 1. The van der Waals surface area contributed by atoms with Crippen molar-refractivity contribution in [2.45, 2.75) is 6.42 Å². The zero-order valence-electron chi connectivity index (χ0n) is 15.0. The summed E-state index contributed by atoms with van der Waals surface area (Å²) in [7, 11) is 1.58. The summed E-state index contributed by atoms with van der Waals surface area (Å²) in [6, 6.07) is 14.6. The molecule has 0 saturated carbocycles. The molecule has 0 spiro atoms. The summed E-state index contributed by atoms with van der Waals surface area (Å²) in [6.45, 7) is 0. The lowest BCUT2D eigenvalue weighted by molar-refractivity contribution is -0.115. The summed E-state index contributed by atoms with van der Waals surface area (Å²) < 4.78 is 3.79. The van der Waals surface area contributed by atoms with Crippen LogP contribution in [0.1, 0.15) is 5.69 Å². The number of amides is 1. The van der Waals surface area contributed by atoms with Crippen LogP contribution in [-0.4, -0.2) is 25.5 Å². The van der Waals surface area contributed by atoms with E-state index >= 15 is 0 Å². The molecule has 0 aliphatic heterocycles. The van der Waals surface area contributed by atoms with Crippen LogP contribution in [0, 0.1) is 0 Å². The number of para-hydroxylation sites is 2. The molecule has 4 aromatic rings. The van der Waals surface area contributed by atoms with E-state index in [1.165, 1.54) is 4.68 Å². The van der Waals surface area contributed by atoms with Gasteiger partial charge in [0.15, 0.2) is 0 Å². The zero-order chi connectivity index (χ0) is 19.7. The quantitative estimate of drug-likeness (QED) is 0.531. The Labute approximate surface area is 168 Å². The molecule has 0 saturated heterocycles. The van der Waals surface area contributed by atoms with Gasteiger partial charge in [-0.2, -0.15) is 10.2 Å². The Bertz CT molecular complexity index is 1240. The summed E-state index contributed by atoms with van der Waals surface area (Å²) in [5.74, 6) is -0.227. The van der Waals surface area contributed by atoms with Crippen molar-refractivity contribution in [3.8, 4) is 5.69 Å².